The van der Waals surface area contributed by atoms with Gasteiger partial charge in [-0.2, -0.15) is 4.98 Å². The van der Waals surface area contributed by atoms with Crippen molar-refractivity contribution in [3.63, 3.8) is 0 Å². The molecule has 1 aliphatic rings. The Morgan fingerprint density at radius 2 is 1.96 bits per heavy atom. The highest BCUT2D eigenvalue weighted by Crippen LogP contribution is 2.28. The molecule has 3 rings (SSSR count). The summed E-state index contributed by atoms with van der Waals surface area (Å²) < 4.78 is 5.39. The van der Waals surface area contributed by atoms with Crippen LogP contribution in [0.5, 0.6) is 5.75 Å². The van der Waals surface area contributed by atoms with Crippen LogP contribution < -0.4 is 0 Å². The van der Waals surface area contributed by atoms with Gasteiger partial charge in [-0.3, -0.25) is 4.90 Å². The molecule has 0 bridgehead atoms. The maximum Gasteiger partial charge on any atom is 0.243 e. The van der Waals surface area contributed by atoms with E-state index < -0.39 is 0 Å². The molecule has 1 unspecified atom stereocenters. The summed E-state index contributed by atoms with van der Waals surface area (Å²) in [6, 6.07) is 7.79. The molecule has 1 fully saturated rings. The van der Waals surface area contributed by atoms with Gasteiger partial charge in [0.1, 0.15) is 5.75 Å². The number of nitrogens with zero attached hydrogens (tertiary/aromatic N) is 3. The van der Waals surface area contributed by atoms with Gasteiger partial charge in [0, 0.05) is 6.42 Å². The van der Waals surface area contributed by atoms with Gasteiger partial charge in [-0.1, -0.05) is 24.2 Å². The van der Waals surface area contributed by atoms with Gasteiger partial charge in [0.2, 0.25) is 5.89 Å². The molecule has 0 spiro atoms. The maximum absolute atomic E-state index is 9.34. The highest BCUT2D eigenvalue weighted by Gasteiger charge is 2.26. The van der Waals surface area contributed by atoms with Crippen molar-refractivity contribution in [3.8, 4) is 5.75 Å². The first-order chi connectivity index (χ1) is 11.7. The van der Waals surface area contributed by atoms with Crippen LogP contribution in [0.2, 0.25) is 0 Å². The highest BCUT2D eigenvalue weighted by atomic mass is 16.5. The van der Waals surface area contributed by atoms with Crippen molar-refractivity contribution in [2.24, 2.45) is 5.92 Å². The number of hydrogen-bond acceptors (Lipinski definition) is 5. The van der Waals surface area contributed by atoms with Crippen LogP contribution in [0.3, 0.4) is 0 Å². The van der Waals surface area contributed by atoms with Crippen LogP contribution in [0.15, 0.2) is 28.8 Å². The zero-order valence-corrected chi connectivity index (χ0v) is 14.6. The summed E-state index contributed by atoms with van der Waals surface area (Å²) >= 11 is 0. The van der Waals surface area contributed by atoms with E-state index in [2.05, 4.69) is 22.0 Å². The van der Waals surface area contributed by atoms with Crippen LogP contribution >= 0.6 is 0 Å². The topological polar surface area (TPSA) is 62.4 Å². The van der Waals surface area contributed by atoms with Crippen LogP contribution in [0.4, 0.5) is 0 Å². The Kier molecular flexibility index (Phi) is 5.51. The van der Waals surface area contributed by atoms with Crippen LogP contribution in [0, 0.1) is 5.92 Å². The lowest BCUT2D eigenvalue weighted by molar-refractivity contribution is 0.117. The quantitative estimate of drug-likeness (QED) is 0.874. The lowest BCUT2D eigenvalue weighted by Crippen LogP contribution is -2.36. The van der Waals surface area contributed by atoms with E-state index in [4.69, 9.17) is 4.52 Å². The summed E-state index contributed by atoms with van der Waals surface area (Å²) in [5.41, 5.74) is 1.31. The molecule has 130 valence electrons. The molecule has 2 heterocycles. The molecule has 1 saturated heterocycles. The Bertz CT molecular complexity index is 630. The van der Waals surface area contributed by atoms with E-state index in [9.17, 15) is 5.11 Å². The number of phenolic OH excluding ortho intramolecular Hbond substituents is 1. The second-order valence-corrected chi connectivity index (χ2v) is 6.76. The van der Waals surface area contributed by atoms with Crippen LogP contribution in [-0.2, 0) is 12.8 Å². The number of benzene rings is 1. The summed E-state index contributed by atoms with van der Waals surface area (Å²) in [6.07, 6.45) is 5.56. The zero-order chi connectivity index (χ0) is 16.9. The lowest BCUT2D eigenvalue weighted by Gasteiger charge is -2.34. The Morgan fingerprint density at radius 3 is 2.58 bits per heavy atom. The SMILES string of the molecule is CCc1noc(C(C)N2CCC(CCc3ccc(O)cc3)CC2)n1. The maximum atomic E-state index is 9.34. The van der Waals surface area contributed by atoms with E-state index in [1.165, 1.54) is 24.8 Å². The number of piperidine rings is 1. The van der Waals surface area contributed by atoms with Gasteiger partial charge >= 0.3 is 0 Å². The molecule has 1 aliphatic heterocycles. The third-order valence-corrected chi connectivity index (χ3v) is 5.13. The van der Waals surface area contributed by atoms with E-state index in [1.807, 2.05) is 19.1 Å². The predicted octanol–water partition coefficient (Wildman–Crippen LogP) is 3.74. The van der Waals surface area contributed by atoms with Crippen LogP contribution in [0.25, 0.3) is 0 Å². The molecular weight excluding hydrogens is 302 g/mol. The molecule has 0 radical (unpaired) electrons. The Balaban J connectivity index is 1.45. The Morgan fingerprint density at radius 1 is 1.25 bits per heavy atom. The van der Waals surface area contributed by atoms with Crippen molar-refractivity contribution in [1.82, 2.24) is 15.0 Å². The molecule has 0 saturated carbocycles. The van der Waals surface area contributed by atoms with Gasteiger partial charge in [-0.15, -0.1) is 0 Å². The lowest BCUT2D eigenvalue weighted by atomic mass is 9.90. The highest BCUT2D eigenvalue weighted by molar-refractivity contribution is 5.25. The molecule has 1 atom stereocenters. The number of hydrogen-bond donors (Lipinski definition) is 1. The molecule has 5 heteroatoms. The van der Waals surface area contributed by atoms with Crippen molar-refractivity contribution in [2.45, 2.75) is 52.0 Å². The average molecular weight is 329 g/mol. The molecule has 5 nitrogen and oxygen atoms in total. The number of rotatable bonds is 6. The fourth-order valence-corrected chi connectivity index (χ4v) is 3.40. The molecule has 0 amide bonds. The first kappa shape index (κ1) is 17.0. The van der Waals surface area contributed by atoms with E-state index >= 15 is 0 Å². The molecule has 1 N–H and O–H groups in total. The predicted molar refractivity (Wildman–Crippen MR) is 92.8 cm³/mol. The fraction of sp³-hybridized carbons (Fsp3) is 0.579. The summed E-state index contributed by atoms with van der Waals surface area (Å²) in [5.74, 6) is 2.65. The zero-order valence-electron chi connectivity index (χ0n) is 14.6. The smallest absolute Gasteiger partial charge is 0.243 e. The standard InChI is InChI=1S/C19H27N3O2/c1-3-18-20-19(24-21-18)14(2)22-12-10-16(11-13-22)5-4-15-6-8-17(23)9-7-15/h6-9,14,16,23H,3-5,10-13H2,1-2H3. The molecule has 1 aromatic carbocycles. The van der Waals surface area contributed by atoms with E-state index in [0.29, 0.717) is 5.75 Å². The number of aryl methyl sites for hydroxylation is 2. The number of aromatic hydroxyl groups is 1. The summed E-state index contributed by atoms with van der Waals surface area (Å²) in [4.78, 5) is 6.91. The Labute approximate surface area is 143 Å². The van der Waals surface area contributed by atoms with Gasteiger partial charge in [0.05, 0.1) is 6.04 Å². The molecule has 24 heavy (non-hydrogen) atoms. The fourth-order valence-electron chi connectivity index (χ4n) is 3.40. The summed E-state index contributed by atoms with van der Waals surface area (Å²) in [5, 5.41) is 13.3. The summed E-state index contributed by atoms with van der Waals surface area (Å²) in [7, 11) is 0. The number of aromatic nitrogens is 2. The Hall–Kier alpha value is -1.88. The molecule has 0 aliphatic carbocycles. The second-order valence-electron chi connectivity index (χ2n) is 6.76. The number of likely N-dealkylation sites (tertiary alicyclic amines) is 1. The minimum atomic E-state index is 0.204. The van der Waals surface area contributed by atoms with Gasteiger partial charge < -0.3 is 9.63 Å². The minimum absolute atomic E-state index is 0.204. The monoisotopic (exact) mass is 329 g/mol. The van der Waals surface area contributed by atoms with Gasteiger partial charge in [0.15, 0.2) is 5.82 Å². The molecular formula is C19H27N3O2. The van der Waals surface area contributed by atoms with E-state index in [-0.39, 0.29) is 6.04 Å². The van der Waals surface area contributed by atoms with Crippen molar-refractivity contribution in [2.75, 3.05) is 13.1 Å². The minimum Gasteiger partial charge on any atom is -0.508 e. The van der Waals surface area contributed by atoms with E-state index in [0.717, 1.165) is 43.6 Å². The normalized spacial score (nSPS) is 17.9. The molecule has 1 aromatic heterocycles. The van der Waals surface area contributed by atoms with Crippen molar-refractivity contribution in [3.05, 3.63) is 41.5 Å². The van der Waals surface area contributed by atoms with E-state index in [1.54, 1.807) is 12.1 Å². The summed E-state index contributed by atoms with van der Waals surface area (Å²) in [6.45, 7) is 6.37. The second kappa shape index (κ2) is 7.79. The third kappa shape index (κ3) is 4.15. The molecule has 2 aromatic rings. The average Bonchev–Trinajstić information content (AvgIpc) is 3.10. The third-order valence-electron chi connectivity index (χ3n) is 5.13. The van der Waals surface area contributed by atoms with Crippen LogP contribution in [0.1, 0.15) is 56.4 Å². The van der Waals surface area contributed by atoms with Crippen molar-refractivity contribution >= 4 is 0 Å². The first-order valence-electron chi connectivity index (χ1n) is 9.00. The van der Waals surface area contributed by atoms with Crippen molar-refractivity contribution in [1.29, 1.82) is 0 Å². The van der Waals surface area contributed by atoms with Crippen LogP contribution in [-0.4, -0.2) is 33.2 Å². The first-order valence-corrected chi connectivity index (χ1v) is 9.00. The van der Waals surface area contributed by atoms with Gasteiger partial charge in [-0.25, -0.2) is 0 Å². The largest absolute Gasteiger partial charge is 0.508 e. The van der Waals surface area contributed by atoms with Gasteiger partial charge in [0.25, 0.3) is 0 Å². The number of phenols is 1. The van der Waals surface area contributed by atoms with Gasteiger partial charge in [-0.05, 0) is 69.3 Å². The van der Waals surface area contributed by atoms with Crippen molar-refractivity contribution < 1.29 is 9.63 Å².